The van der Waals surface area contributed by atoms with Gasteiger partial charge in [0, 0.05) is 29.9 Å². The smallest absolute Gasteiger partial charge is 0.267 e. The van der Waals surface area contributed by atoms with Crippen molar-refractivity contribution in [2.24, 2.45) is 0 Å². The van der Waals surface area contributed by atoms with E-state index >= 15 is 0 Å². The maximum absolute atomic E-state index is 12.8. The lowest BCUT2D eigenvalue weighted by Crippen LogP contribution is -2.17. The Bertz CT molecular complexity index is 1290. The first-order valence-corrected chi connectivity index (χ1v) is 11.6. The number of hydrogen-bond acceptors (Lipinski definition) is 5. The predicted molar refractivity (Wildman–Crippen MR) is 107 cm³/mol. The number of carbonyl (C=O) groups excluding carboxylic acids is 1. The van der Waals surface area contributed by atoms with Gasteiger partial charge in [-0.3, -0.25) is 9.52 Å². The first-order chi connectivity index (χ1) is 13.0. The van der Waals surface area contributed by atoms with Gasteiger partial charge in [0.05, 0.1) is 9.79 Å². The highest BCUT2D eigenvalue weighted by atomic mass is 32.2. The molecule has 0 unspecified atom stereocenters. The molecule has 0 aliphatic rings. The van der Waals surface area contributed by atoms with Gasteiger partial charge >= 0.3 is 0 Å². The van der Waals surface area contributed by atoms with E-state index in [1.165, 1.54) is 19.2 Å². The lowest BCUT2D eigenvalue weighted by atomic mass is 10.2. The standard InChI is InChI=1S/C18H19N3O5S2/c1-11-4-6-14(27(3,23)24)10-17(11)28(25,26)21-13-5-7-15-12(8-13)9-16(20-15)18(22)19-2/h4-10,20-21H,1-3H3,(H,19,22). The lowest BCUT2D eigenvalue weighted by Gasteiger charge is -2.12. The molecule has 0 radical (unpaired) electrons. The van der Waals surface area contributed by atoms with E-state index in [2.05, 4.69) is 15.0 Å². The number of H-pyrrole nitrogens is 1. The molecule has 148 valence electrons. The van der Waals surface area contributed by atoms with Gasteiger partial charge in [-0.15, -0.1) is 0 Å². The van der Waals surface area contributed by atoms with Crippen LogP contribution in [0.25, 0.3) is 10.9 Å². The number of hydrogen-bond donors (Lipinski definition) is 3. The van der Waals surface area contributed by atoms with Crippen LogP contribution in [0.4, 0.5) is 5.69 Å². The predicted octanol–water partition coefficient (Wildman–Crippen LogP) is 2.04. The summed E-state index contributed by atoms with van der Waals surface area (Å²) >= 11 is 0. The fourth-order valence-electron chi connectivity index (χ4n) is 2.76. The maximum atomic E-state index is 12.8. The van der Waals surface area contributed by atoms with Gasteiger partial charge in [-0.05, 0) is 48.9 Å². The lowest BCUT2D eigenvalue weighted by molar-refractivity contribution is 0.0959. The fraction of sp³-hybridized carbons (Fsp3) is 0.167. The minimum absolute atomic E-state index is 0.0743. The molecule has 0 fully saturated rings. The number of carbonyl (C=O) groups is 1. The molecule has 0 bridgehead atoms. The Kier molecular flexibility index (Phi) is 4.94. The summed E-state index contributed by atoms with van der Waals surface area (Å²) in [5.41, 5.74) is 1.75. The van der Waals surface area contributed by atoms with E-state index in [1.54, 1.807) is 31.2 Å². The summed E-state index contributed by atoms with van der Waals surface area (Å²) in [5, 5.41) is 3.16. The van der Waals surface area contributed by atoms with Crippen LogP contribution in [0.15, 0.2) is 52.3 Å². The summed E-state index contributed by atoms with van der Waals surface area (Å²) in [5.74, 6) is -0.286. The van der Waals surface area contributed by atoms with Gasteiger partial charge in [-0.2, -0.15) is 0 Å². The summed E-state index contributed by atoms with van der Waals surface area (Å²) < 4.78 is 51.6. The number of sulfonamides is 1. The Labute approximate surface area is 162 Å². The molecule has 0 atom stereocenters. The topological polar surface area (TPSA) is 125 Å². The minimum Gasteiger partial charge on any atom is -0.354 e. The van der Waals surface area contributed by atoms with Crippen molar-refractivity contribution in [3.63, 3.8) is 0 Å². The van der Waals surface area contributed by atoms with E-state index in [4.69, 9.17) is 0 Å². The van der Waals surface area contributed by atoms with Crippen LogP contribution >= 0.6 is 0 Å². The van der Waals surface area contributed by atoms with Crippen LogP contribution in [0.5, 0.6) is 0 Å². The van der Waals surface area contributed by atoms with Crippen LogP contribution in [-0.4, -0.2) is 41.0 Å². The number of aryl methyl sites for hydroxylation is 1. The van der Waals surface area contributed by atoms with Gasteiger partial charge < -0.3 is 10.3 Å². The third-order valence-electron chi connectivity index (χ3n) is 4.22. The van der Waals surface area contributed by atoms with Gasteiger partial charge in [0.1, 0.15) is 5.69 Å². The zero-order valence-electron chi connectivity index (χ0n) is 15.4. The number of anilines is 1. The van der Waals surface area contributed by atoms with Gasteiger partial charge in [0.15, 0.2) is 9.84 Å². The van der Waals surface area contributed by atoms with Crippen LogP contribution in [-0.2, 0) is 19.9 Å². The quantitative estimate of drug-likeness (QED) is 0.581. The number of benzene rings is 2. The zero-order chi connectivity index (χ0) is 20.7. The third-order valence-corrected chi connectivity index (χ3v) is 6.86. The van der Waals surface area contributed by atoms with Crippen molar-refractivity contribution in [3.8, 4) is 0 Å². The van der Waals surface area contributed by atoms with Crippen LogP contribution < -0.4 is 10.0 Å². The Balaban J connectivity index is 2.00. The number of nitrogens with one attached hydrogen (secondary N) is 3. The second-order valence-electron chi connectivity index (χ2n) is 6.37. The average molecular weight is 422 g/mol. The summed E-state index contributed by atoms with van der Waals surface area (Å²) in [7, 11) is -6.05. The van der Waals surface area contributed by atoms with Crippen molar-refractivity contribution in [1.29, 1.82) is 0 Å². The second kappa shape index (κ2) is 6.95. The SMILES string of the molecule is CNC(=O)c1cc2cc(NS(=O)(=O)c3cc(S(C)(=O)=O)ccc3C)ccc2[nH]1. The molecule has 8 nitrogen and oxygen atoms in total. The molecule has 3 aromatic rings. The van der Waals surface area contributed by atoms with Crippen LogP contribution in [0.1, 0.15) is 16.1 Å². The number of amides is 1. The van der Waals surface area contributed by atoms with Crippen molar-refractivity contribution in [2.45, 2.75) is 16.7 Å². The van der Waals surface area contributed by atoms with E-state index in [0.29, 0.717) is 27.8 Å². The van der Waals surface area contributed by atoms with Crippen molar-refractivity contribution in [3.05, 3.63) is 53.7 Å². The molecular weight excluding hydrogens is 402 g/mol. The summed E-state index contributed by atoms with van der Waals surface area (Å²) in [6.45, 7) is 1.59. The third kappa shape index (κ3) is 3.87. The van der Waals surface area contributed by atoms with E-state index < -0.39 is 19.9 Å². The van der Waals surface area contributed by atoms with Crippen molar-refractivity contribution in [2.75, 3.05) is 18.0 Å². The number of fused-ring (bicyclic) bond motifs is 1. The number of rotatable bonds is 5. The van der Waals surface area contributed by atoms with E-state index in [9.17, 15) is 21.6 Å². The largest absolute Gasteiger partial charge is 0.354 e. The summed E-state index contributed by atoms with van der Waals surface area (Å²) in [4.78, 5) is 14.5. The van der Waals surface area contributed by atoms with Gasteiger partial charge in [-0.25, -0.2) is 16.8 Å². The molecule has 3 rings (SSSR count). The monoisotopic (exact) mass is 421 g/mol. The molecule has 0 saturated heterocycles. The minimum atomic E-state index is -4.01. The molecule has 3 N–H and O–H groups in total. The highest BCUT2D eigenvalue weighted by molar-refractivity contribution is 7.93. The molecular formula is C18H19N3O5S2. The molecule has 28 heavy (non-hydrogen) atoms. The molecule has 0 spiro atoms. The van der Waals surface area contributed by atoms with Crippen molar-refractivity contribution < 1.29 is 21.6 Å². The Morgan fingerprint density at radius 3 is 2.36 bits per heavy atom. The highest BCUT2D eigenvalue weighted by Crippen LogP contribution is 2.25. The number of sulfone groups is 1. The average Bonchev–Trinajstić information content (AvgIpc) is 3.03. The first-order valence-electron chi connectivity index (χ1n) is 8.19. The zero-order valence-corrected chi connectivity index (χ0v) is 17.0. The maximum Gasteiger partial charge on any atom is 0.267 e. The van der Waals surface area contributed by atoms with Crippen LogP contribution in [0.3, 0.4) is 0 Å². The van der Waals surface area contributed by atoms with E-state index in [0.717, 1.165) is 12.3 Å². The fourth-order valence-corrected chi connectivity index (χ4v) is 4.81. The Hall–Kier alpha value is -2.85. The van der Waals surface area contributed by atoms with Crippen LogP contribution in [0.2, 0.25) is 0 Å². The Morgan fingerprint density at radius 1 is 1.00 bits per heavy atom. The molecule has 1 aromatic heterocycles. The molecule has 10 heteroatoms. The van der Waals surface area contributed by atoms with Crippen molar-refractivity contribution >= 4 is 42.4 Å². The van der Waals surface area contributed by atoms with Gasteiger partial charge in [0.2, 0.25) is 0 Å². The van der Waals surface area contributed by atoms with E-state index in [1.807, 2.05) is 0 Å². The summed E-state index contributed by atoms with van der Waals surface area (Å²) in [6, 6.07) is 10.4. The molecule has 1 amide bonds. The Morgan fingerprint density at radius 2 is 1.71 bits per heavy atom. The first kappa shape index (κ1) is 19.9. The van der Waals surface area contributed by atoms with Gasteiger partial charge in [0.25, 0.3) is 15.9 Å². The van der Waals surface area contributed by atoms with Crippen molar-refractivity contribution in [1.82, 2.24) is 10.3 Å². The molecule has 2 aromatic carbocycles. The molecule has 0 aliphatic carbocycles. The molecule has 1 heterocycles. The van der Waals surface area contributed by atoms with Gasteiger partial charge in [-0.1, -0.05) is 6.07 Å². The second-order valence-corrected chi connectivity index (χ2v) is 10.0. The molecule has 0 saturated carbocycles. The number of aromatic amines is 1. The van der Waals surface area contributed by atoms with Crippen LogP contribution in [0, 0.1) is 6.92 Å². The normalized spacial score (nSPS) is 12.1. The number of aromatic nitrogens is 1. The molecule has 0 aliphatic heterocycles. The highest BCUT2D eigenvalue weighted by Gasteiger charge is 2.20. The van der Waals surface area contributed by atoms with E-state index in [-0.39, 0.29) is 15.7 Å². The summed E-state index contributed by atoms with van der Waals surface area (Å²) in [6.07, 6.45) is 1.02.